The number of ether oxygens (including phenoxy) is 2. The van der Waals surface area contributed by atoms with E-state index in [0.29, 0.717) is 28.8 Å². The van der Waals surface area contributed by atoms with Gasteiger partial charge in [0.2, 0.25) is 4.90 Å². The summed E-state index contributed by atoms with van der Waals surface area (Å²) in [4.78, 5) is 26.6. The highest BCUT2D eigenvalue weighted by Gasteiger charge is 2.30. The Hall–Kier alpha value is -3.02. The van der Waals surface area contributed by atoms with Gasteiger partial charge in [0.1, 0.15) is 6.61 Å². The SMILES string of the molecule is CCCN(CCC)CCOc1cc(NC(=O)c2ccc([S+]([O-])c3ccc(Cl)cc3Cl)c([N+](=O)[O-])c2)ccc1OC. The molecule has 0 fully saturated rings. The van der Waals surface area contributed by atoms with Gasteiger partial charge in [-0.3, -0.25) is 19.8 Å². The lowest BCUT2D eigenvalue weighted by atomic mass is 10.2. The third kappa shape index (κ3) is 8.25. The summed E-state index contributed by atoms with van der Waals surface area (Å²) in [6.07, 6.45) is 2.10. The minimum atomic E-state index is -1.97. The average molecular weight is 609 g/mol. The van der Waals surface area contributed by atoms with Gasteiger partial charge < -0.3 is 19.3 Å². The molecule has 0 heterocycles. The summed E-state index contributed by atoms with van der Waals surface area (Å²) in [6, 6.07) is 13.0. The van der Waals surface area contributed by atoms with Crippen molar-refractivity contribution in [1.82, 2.24) is 4.90 Å². The van der Waals surface area contributed by atoms with Crippen LogP contribution in [-0.4, -0.2) is 53.6 Å². The zero-order valence-corrected chi connectivity index (χ0v) is 24.8. The quantitative estimate of drug-likeness (QED) is 0.121. The fourth-order valence-electron chi connectivity index (χ4n) is 4.03. The Labute approximate surface area is 246 Å². The number of nitrogens with zero attached hydrogens (tertiary/aromatic N) is 2. The number of amides is 1. The van der Waals surface area contributed by atoms with Gasteiger partial charge in [-0.2, -0.15) is 0 Å². The molecule has 0 aliphatic carbocycles. The normalized spacial score (nSPS) is 11.8. The van der Waals surface area contributed by atoms with Gasteiger partial charge in [0.05, 0.1) is 17.1 Å². The number of methoxy groups -OCH3 is 1. The highest BCUT2D eigenvalue weighted by atomic mass is 35.5. The van der Waals surface area contributed by atoms with E-state index in [1.807, 2.05) is 0 Å². The number of nitro benzene ring substituents is 1. The standard InChI is InChI=1S/C28H31Cl2N3O6S/c1-4-12-32(13-5-2)14-15-39-25-18-21(8-9-24(25)38-3)31-28(34)19-6-10-27(23(16-19)33(35)36)40(37)26-11-7-20(29)17-22(26)30/h6-11,16-18H,4-5,12-15H2,1-3H3,(H,31,34). The van der Waals surface area contributed by atoms with Crippen LogP contribution < -0.4 is 14.8 Å². The van der Waals surface area contributed by atoms with Crippen molar-refractivity contribution in [2.75, 3.05) is 38.7 Å². The predicted octanol–water partition coefficient (Wildman–Crippen LogP) is 6.83. The highest BCUT2D eigenvalue weighted by Crippen LogP contribution is 2.35. The molecule has 0 saturated heterocycles. The number of benzene rings is 3. The zero-order chi connectivity index (χ0) is 29.2. The van der Waals surface area contributed by atoms with Gasteiger partial charge in [-0.25, -0.2) is 0 Å². The molecule has 40 heavy (non-hydrogen) atoms. The minimum Gasteiger partial charge on any atom is -0.606 e. The molecule has 1 atom stereocenters. The van der Waals surface area contributed by atoms with Gasteiger partial charge in [-0.15, -0.1) is 0 Å². The number of nitro groups is 1. The molecule has 3 aromatic rings. The first-order chi connectivity index (χ1) is 19.2. The van der Waals surface area contributed by atoms with E-state index in [9.17, 15) is 19.5 Å². The number of anilines is 1. The number of rotatable bonds is 14. The van der Waals surface area contributed by atoms with E-state index >= 15 is 0 Å². The second-order valence-electron chi connectivity index (χ2n) is 8.79. The zero-order valence-electron chi connectivity index (χ0n) is 22.4. The highest BCUT2D eigenvalue weighted by molar-refractivity contribution is 7.91. The third-order valence-corrected chi connectivity index (χ3v) is 8.04. The molecule has 1 amide bonds. The molecule has 12 heteroatoms. The number of hydrogen-bond donors (Lipinski definition) is 1. The second kappa shape index (κ2) is 15.1. The van der Waals surface area contributed by atoms with Crippen LogP contribution in [0.3, 0.4) is 0 Å². The van der Waals surface area contributed by atoms with Gasteiger partial charge >= 0.3 is 5.69 Å². The fraction of sp³-hybridized carbons (Fsp3) is 0.321. The number of carbonyl (C=O) groups is 1. The first-order valence-electron chi connectivity index (χ1n) is 12.7. The van der Waals surface area contributed by atoms with Crippen molar-refractivity contribution in [3.05, 3.63) is 80.3 Å². The van der Waals surface area contributed by atoms with E-state index in [2.05, 4.69) is 24.1 Å². The fourth-order valence-corrected chi connectivity index (χ4v) is 5.82. The molecule has 1 N–H and O–H groups in total. The number of hydrogen-bond acceptors (Lipinski definition) is 7. The van der Waals surface area contributed by atoms with Gasteiger partial charge in [-0.05, 0) is 62.3 Å². The first kappa shape index (κ1) is 31.5. The molecule has 3 aromatic carbocycles. The molecule has 214 valence electrons. The van der Waals surface area contributed by atoms with Crippen molar-refractivity contribution in [2.24, 2.45) is 0 Å². The van der Waals surface area contributed by atoms with Crippen LogP contribution in [0.2, 0.25) is 10.0 Å². The largest absolute Gasteiger partial charge is 0.606 e. The van der Waals surface area contributed by atoms with Crippen molar-refractivity contribution < 1.29 is 23.7 Å². The average Bonchev–Trinajstić information content (AvgIpc) is 2.92. The van der Waals surface area contributed by atoms with E-state index in [1.54, 1.807) is 18.2 Å². The molecule has 3 rings (SSSR count). The Balaban J connectivity index is 1.78. The van der Waals surface area contributed by atoms with Crippen molar-refractivity contribution in [2.45, 2.75) is 36.5 Å². The molecular formula is C28H31Cl2N3O6S. The molecule has 0 bridgehead atoms. The van der Waals surface area contributed by atoms with Crippen LogP contribution >= 0.6 is 23.2 Å². The van der Waals surface area contributed by atoms with Crippen LogP contribution in [0, 0.1) is 10.1 Å². The van der Waals surface area contributed by atoms with E-state index < -0.39 is 27.7 Å². The topological polar surface area (TPSA) is 117 Å². The number of nitrogens with one attached hydrogen (secondary N) is 1. The summed E-state index contributed by atoms with van der Waals surface area (Å²) < 4.78 is 24.5. The Morgan fingerprint density at radius 1 is 0.975 bits per heavy atom. The van der Waals surface area contributed by atoms with Gasteiger partial charge in [0.25, 0.3) is 5.91 Å². The second-order valence-corrected chi connectivity index (χ2v) is 11.1. The molecule has 0 radical (unpaired) electrons. The Bertz CT molecular complexity index is 1340. The van der Waals surface area contributed by atoms with Crippen molar-refractivity contribution in [3.8, 4) is 11.5 Å². The van der Waals surface area contributed by atoms with E-state index in [-0.39, 0.29) is 20.4 Å². The van der Waals surface area contributed by atoms with Gasteiger partial charge in [-0.1, -0.05) is 37.0 Å². The predicted molar refractivity (Wildman–Crippen MR) is 158 cm³/mol. The van der Waals surface area contributed by atoms with Crippen LogP contribution in [0.5, 0.6) is 11.5 Å². The summed E-state index contributed by atoms with van der Waals surface area (Å²) in [6.45, 7) is 7.42. The molecule has 9 nitrogen and oxygen atoms in total. The van der Waals surface area contributed by atoms with Crippen LogP contribution in [0.25, 0.3) is 0 Å². The van der Waals surface area contributed by atoms with Crippen LogP contribution in [-0.2, 0) is 11.2 Å². The molecule has 0 saturated carbocycles. The number of halogens is 2. The monoisotopic (exact) mass is 607 g/mol. The summed E-state index contributed by atoms with van der Waals surface area (Å²) >= 11 is 10.1. The van der Waals surface area contributed by atoms with Crippen LogP contribution in [0.15, 0.2) is 64.4 Å². The molecule has 0 spiro atoms. The summed E-state index contributed by atoms with van der Waals surface area (Å²) in [5.41, 5.74) is -0.0368. The third-order valence-electron chi connectivity index (χ3n) is 5.88. The van der Waals surface area contributed by atoms with E-state index in [0.717, 1.165) is 38.5 Å². The summed E-state index contributed by atoms with van der Waals surface area (Å²) in [7, 11) is 1.53. The van der Waals surface area contributed by atoms with E-state index in [1.165, 1.54) is 37.4 Å². The molecule has 0 aliphatic heterocycles. The Kier molecular flexibility index (Phi) is 11.9. The molecule has 0 aliphatic rings. The van der Waals surface area contributed by atoms with Gasteiger partial charge in [0, 0.05) is 52.2 Å². The lowest BCUT2D eigenvalue weighted by Crippen LogP contribution is -2.30. The molecule has 0 aromatic heterocycles. The number of carbonyl (C=O) groups excluding carboxylic acids is 1. The van der Waals surface area contributed by atoms with Gasteiger partial charge in [0.15, 0.2) is 16.4 Å². The Morgan fingerprint density at radius 2 is 1.68 bits per heavy atom. The van der Waals surface area contributed by atoms with Crippen molar-refractivity contribution in [1.29, 1.82) is 0 Å². The summed E-state index contributed by atoms with van der Waals surface area (Å²) in [5.74, 6) is 0.391. The lowest BCUT2D eigenvalue weighted by molar-refractivity contribution is -0.387. The van der Waals surface area contributed by atoms with E-state index in [4.69, 9.17) is 32.7 Å². The first-order valence-corrected chi connectivity index (χ1v) is 14.6. The summed E-state index contributed by atoms with van der Waals surface area (Å²) in [5, 5.41) is 15.0. The smallest absolute Gasteiger partial charge is 0.324 e. The van der Waals surface area contributed by atoms with Crippen LogP contribution in [0.4, 0.5) is 11.4 Å². The maximum absolute atomic E-state index is 13.1. The molecular weight excluding hydrogens is 577 g/mol. The van der Waals surface area contributed by atoms with Crippen molar-refractivity contribution in [3.63, 3.8) is 0 Å². The minimum absolute atomic E-state index is 0.0164. The maximum Gasteiger partial charge on any atom is 0.324 e. The van der Waals surface area contributed by atoms with Crippen LogP contribution in [0.1, 0.15) is 37.0 Å². The maximum atomic E-state index is 13.1. The van der Waals surface area contributed by atoms with Crippen molar-refractivity contribution >= 4 is 51.7 Å². The Morgan fingerprint density at radius 3 is 2.30 bits per heavy atom. The molecule has 1 unspecified atom stereocenters. The lowest BCUT2D eigenvalue weighted by Gasteiger charge is -2.21.